The third-order valence-corrected chi connectivity index (χ3v) is 6.16. The fourth-order valence-corrected chi connectivity index (χ4v) is 3.75. The van der Waals surface area contributed by atoms with E-state index in [2.05, 4.69) is 15.4 Å². The Hall–Kier alpha value is -2.91. The van der Waals surface area contributed by atoms with Gasteiger partial charge in [0.1, 0.15) is 11.8 Å². The summed E-state index contributed by atoms with van der Waals surface area (Å²) in [7, 11) is -1.96. The van der Waals surface area contributed by atoms with Crippen molar-refractivity contribution in [2.24, 2.45) is 5.92 Å². The fourth-order valence-electron chi connectivity index (χ4n) is 2.97. The number of carbonyl (C=O) groups excluding carboxylic acids is 2. The predicted molar refractivity (Wildman–Crippen MR) is 124 cm³/mol. The van der Waals surface area contributed by atoms with Crippen molar-refractivity contribution in [3.05, 3.63) is 65.2 Å². The van der Waals surface area contributed by atoms with E-state index in [1.807, 2.05) is 20.8 Å². The lowest BCUT2D eigenvalue weighted by atomic mass is 10.0. The Morgan fingerprint density at radius 1 is 0.969 bits per heavy atom. The van der Waals surface area contributed by atoms with Crippen LogP contribution in [0.25, 0.3) is 0 Å². The zero-order valence-corrected chi connectivity index (χ0v) is 19.7. The van der Waals surface area contributed by atoms with Gasteiger partial charge < -0.3 is 15.4 Å². The van der Waals surface area contributed by atoms with Gasteiger partial charge in [-0.15, -0.1) is 0 Å². The van der Waals surface area contributed by atoms with Gasteiger partial charge in [0.15, 0.2) is 0 Å². The molecule has 32 heavy (non-hydrogen) atoms. The van der Waals surface area contributed by atoms with Gasteiger partial charge in [-0.3, -0.25) is 9.59 Å². The molecular weight excluding hydrogens is 430 g/mol. The Balaban J connectivity index is 1.96. The molecule has 0 aliphatic carbocycles. The summed E-state index contributed by atoms with van der Waals surface area (Å²) < 4.78 is 30.9. The first-order valence-electron chi connectivity index (χ1n) is 10.5. The van der Waals surface area contributed by atoms with Crippen molar-refractivity contribution in [2.75, 3.05) is 13.7 Å². The Morgan fingerprint density at radius 2 is 1.56 bits per heavy atom. The molecule has 0 spiro atoms. The summed E-state index contributed by atoms with van der Waals surface area (Å²) in [6, 6.07) is 13.0. The summed E-state index contributed by atoms with van der Waals surface area (Å²) in [6.07, 6.45) is 0. The van der Waals surface area contributed by atoms with Crippen LogP contribution in [-0.4, -0.2) is 39.9 Å². The molecule has 2 aromatic carbocycles. The van der Waals surface area contributed by atoms with Crippen LogP contribution in [0.5, 0.6) is 5.75 Å². The summed E-state index contributed by atoms with van der Waals surface area (Å²) in [5, 5.41) is 5.63. The van der Waals surface area contributed by atoms with Crippen molar-refractivity contribution < 1.29 is 22.7 Å². The van der Waals surface area contributed by atoms with E-state index in [9.17, 15) is 18.0 Å². The molecule has 0 aliphatic heterocycles. The summed E-state index contributed by atoms with van der Waals surface area (Å²) >= 11 is 0. The maximum atomic E-state index is 12.7. The molecule has 2 amide bonds. The average molecular weight is 462 g/mol. The Bertz CT molecular complexity index is 1000. The molecule has 0 aliphatic rings. The number of nitrogens with one attached hydrogen (secondary N) is 3. The molecule has 1 atom stereocenters. The van der Waals surface area contributed by atoms with Crippen molar-refractivity contribution in [3.8, 4) is 5.75 Å². The van der Waals surface area contributed by atoms with Gasteiger partial charge in [-0.1, -0.05) is 38.1 Å². The lowest BCUT2D eigenvalue weighted by Crippen LogP contribution is -2.49. The van der Waals surface area contributed by atoms with E-state index < -0.39 is 16.1 Å². The lowest BCUT2D eigenvalue weighted by Gasteiger charge is -2.22. The molecule has 0 saturated carbocycles. The highest BCUT2D eigenvalue weighted by atomic mass is 32.2. The number of sulfonamides is 1. The van der Waals surface area contributed by atoms with Crippen LogP contribution >= 0.6 is 0 Å². The van der Waals surface area contributed by atoms with Gasteiger partial charge in [-0.2, -0.15) is 0 Å². The molecular formula is C23H31N3O5S. The second-order valence-corrected chi connectivity index (χ2v) is 9.58. The molecule has 0 unspecified atom stereocenters. The first kappa shape index (κ1) is 25.4. The second-order valence-electron chi connectivity index (χ2n) is 7.65. The minimum Gasteiger partial charge on any atom is -0.494 e. The van der Waals surface area contributed by atoms with Gasteiger partial charge in [-0.05, 0) is 55.3 Å². The van der Waals surface area contributed by atoms with Crippen LogP contribution in [0.4, 0.5) is 0 Å². The van der Waals surface area contributed by atoms with Crippen molar-refractivity contribution >= 4 is 21.8 Å². The Labute approximate surface area is 189 Å². The quantitative estimate of drug-likeness (QED) is 0.475. The summed E-state index contributed by atoms with van der Waals surface area (Å²) in [5.74, 6) is -0.172. The third-order valence-electron chi connectivity index (χ3n) is 4.82. The number of hydrogen-bond acceptors (Lipinski definition) is 5. The molecule has 2 rings (SSSR count). The van der Waals surface area contributed by atoms with Crippen LogP contribution in [0.1, 0.15) is 42.3 Å². The fraction of sp³-hybridized carbons (Fsp3) is 0.391. The first-order chi connectivity index (χ1) is 15.1. The highest BCUT2D eigenvalue weighted by Gasteiger charge is 2.24. The zero-order chi connectivity index (χ0) is 23.7. The van der Waals surface area contributed by atoms with Crippen LogP contribution in [0, 0.1) is 5.92 Å². The highest BCUT2D eigenvalue weighted by Crippen LogP contribution is 2.13. The third kappa shape index (κ3) is 7.65. The molecule has 0 saturated heterocycles. The number of amides is 2. The van der Waals surface area contributed by atoms with Gasteiger partial charge in [0, 0.05) is 12.1 Å². The van der Waals surface area contributed by atoms with Crippen molar-refractivity contribution in [2.45, 2.75) is 39.1 Å². The van der Waals surface area contributed by atoms with Crippen LogP contribution in [0.3, 0.4) is 0 Å². The molecule has 0 bridgehead atoms. The first-order valence-corrected chi connectivity index (χ1v) is 12.1. The summed E-state index contributed by atoms with van der Waals surface area (Å²) in [6.45, 7) is 6.41. The van der Waals surface area contributed by atoms with E-state index in [0.29, 0.717) is 23.5 Å². The van der Waals surface area contributed by atoms with Gasteiger partial charge in [0.2, 0.25) is 15.9 Å². The molecule has 0 aromatic heterocycles. The minimum absolute atomic E-state index is 0.108. The highest BCUT2D eigenvalue weighted by molar-refractivity contribution is 7.88. The SMILES string of the molecule is CCOc1ccc(C(=O)N[C@H](C(=O)NCc2ccc(CS(=O)(=O)NC)cc2)C(C)C)cc1. The molecule has 2 aromatic rings. The van der Waals surface area contributed by atoms with E-state index in [1.165, 1.54) is 7.05 Å². The molecule has 9 heteroatoms. The predicted octanol–water partition coefficient (Wildman–Crippen LogP) is 2.21. The number of rotatable bonds is 11. The zero-order valence-electron chi connectivity index (χ0n) is 18.8. The Morgan fingerprint density at radius 3 is 2.09 bits per heavy atom. The van der Waals surface area contributed by atoms with E-state index >= 15 is 0 Å². The van der Waals surface area contributed by atoms with Crippen molar-refractivity contribution in [3.63, 3.8) is 0 Å². The molecule has 174 valence electrons. The van der Waals surface area contributed by atoms with Gasteiger partial charge in [0.05, 0.1) is 12.4 Å². The smallest absolute Gasteiger partial charge is 0.251 e. The molecule has 3 N–H and O–H groups in total. The number of hydrogen-bond donors (Lipinski definition) is 3. The monoisotopic (exact) mass is 461 g/mol. The number of benzene rings is 2. The van der Waals surface area contributed by atoms with Crippen molar-refractivity contribution in [1.29, 1.82) is 0 Å². The van der Waals surface area contributed by atoms with Gasteiger partial charge in [0.25, 0.3) is 5.91 Å². The molecule has 0 heterocycles. The van der Waals surface area contributed by atoms with Crippen LogP contribution in [0.2, 0.25) is 0 Å². The largest absolute Gasteiger partial charge is 0.494 e. The molecule has 0 radical (unpaired) electrons. The maximum absolute atomic E-state index is 12.7. The summed E-state index contributed by atoms with van der Waals surface area (Å²) in [4.78, 5) is 25.3. The van der Waals surface area contributed by atoms with E-state index in [4.69, 9.17) is 4.74 Å². The van der Waals surface area contributed by atoms with Crippen LogP contribution in [-0.2, 0) is 27.1 Å². The van der Waals surface area contributed by atoms with Gasteiger partial charge >= 0.3 is 0 Å². The number of ether oxygens (including phenoxy) is 1. The molecule has 0 fully saturated rings. The van der Waals surface area contributed by atoms with Crippen LogP contribution in [0.15, 0.2) is 48.5 Å². The second kappa shape index (κ2) is 11.6. The van der Waals surface area contributed by atoms with Gasteiger partial charge in [-0.25, -0.2) is 13.1 Å². The average Bonchev–Trinajstić information content (AvgIpc) is 2.77. The van der Waals surface area contributed by atoms with Crippen LogP contribution < -0.4 is 20.1 Å². The van der Waals surface area contributed by atoms with E-state index in [0.717, 1.165) is 5.56 Å². The maximum Gasteiger partial charge on any atom is 0.251 e. The standard InChI is InChI=1S/C23H31N3O5S/c1-5-31-20-12-10-19(11-13-20)22(27)26-21(16(2)3)23(28)25-14-17-6-8-18(9-7-17)15-32(29,30)24-4/h6-13,16,21,24H,5,14-15H2,1-4H3,(H,25,28)(H,26,27)/t21-/m0/s1. The topological polar surface area (TPSA) is 114 Å². The number of carbonyl (C=O) groups is 2. The molecule has 8 nitrogen and oxygen atoms in total. The van der Waals surface area contributed by atoms with E-state index in [-0.39, 0.29) is 30.0 Å². The van der Waals surface area contributed by atoms with Crippen molar-refractivity contribution in [1.82, 2.24) is 15.4 Å². The lowest BCUT2D eigenvalue weighted by molar-refractivity contribution is -0.124. The Kier molecular flexibility index (Phi) is 9.22. The summed E-state index contributed by atoms with van der Waals surface area (Å²) in [5.41, 5.74) is 1.92. The van der Waals surface area contributed by atoms with E-state index in [1.54, 1.807) is 48.5 Å². The normalized spacial score (nSPS) is 12.3. The minimum atomic E-state index is -3.34.